The third-order valence-corrected chi connectivity index (χ3v) is 5.56. The fourth-order valence-corrected chi connectivity index (χ4v) is 3.64. The zero-order chi connectivity index (χ0) is 24.9. The lowest BCUT2D eigenvalue weighted by molar-refractivity contribution is -0.384. The molecule has 12 nitrogen and oxygen atoms in total. The number of aromatic nitrogens is 2. The molecule has 182 valence electrons. The molecule has 2 heterocycles. The van der Waals surface area contributed by atoms with Crippen molar-refractivity contribution in [3.63, 3.8) is 0 Å². The van der Waals surface area contributed by atoms with Crippen LogP contribution in [-0.4, -0.2) is 64.3 Å². The Kier molecular flexibility index (Phi) is 7.01. The minimum absolute atomic E-state index is 0.0246. The van der Waals surface area contributed by atoms with E-state index in [1.807, 2.05) is 12.1 Å². The van der Waals surface area contributed by atoms with Crippen LogP contribution < -0.4 is 19.7 Å². The number of piperazine rings is 1. The van der Waals surface area contributed by atoms with Crippen LogP contribution in [0.3, 0.4) is 0 Å². The molecular weight excluding hydrogens is 480 g/mol. The number of benzene rings is 2. The molecule has 35 heavy (non-hydrogen) atoms. The highest BCUT2D eigenvalue weighted by Gasteiger charge is 2.21. The predicted molar refractivity (Wildman–Crippen MR) is 128 cm³/mol. The van der Waals surface area contributed by atoms with E-state index in [0.29, 0.717) is 37.6 Å². The first-order valence-corrected chi connectivity index (χ1v) is 10.8. The van der Waals surface area contributed by atoms with Gasteiger partial charge in [-0.15, -0.1) is 0 Å². The maximum absolute atomic E-state index is 11.1. The van der Waals surface area contributed by atoms with E-state index in [4.69, 9.17) is 26.2 Å². The summed E-state index contributed by atoms with van der Waals surface area (Å²) in [5.41, 5.74) is 1.36. The summed E-state index contributed by atoms with van der Waals surface area (Å²) in [6.07, 6.45) is 0.436. The van der Waals surface area contributed by atoms with Gasteiger partial charge in [-0.2, -0.15) is 4.98 Å². The average Bonchev–Trinajstić information content (AvgIpc) is 2.86. The minimum atomic E-state index is -0.918. The van der Waals surface area contributed by atoms with Crippen LogP contribution in [0.1, 0.15) is 0 Å². The summed E-state index contributed by atoms with van der Waals surface area (Å²) in [7, 11) is 1.53. The summed E-state index contributed by atoms with van der Waals surface area (Å²) in [6, 6.07) is 11.2. The number of nitro benzene ring substituents is 1. The number of hydrogen-bond donors (Lipinski definition) is 2. The van der Waals surface area contributed by atoms with E-state index in [1.54, 1.807) is 12.1 Å². The van der Waals surface area contributed by atoms with Crippen molar-refractivity contribution in [3.05, 3.63) is 63.8 Å². The highest BCUT2D eigenvalue weighted by atomic mass is 35.5. The Bertz CT molecular complexity index is 1250. The molecule has 1 aromatic heterocycles. The third kappa shape index (κ3) is 5.61. The molecule has 1 saturated heterocycles. The van der Waals surface area contributed by atoms with Gasteiger partial charge < -0.3 is 29.7 Å². The van der Waals surface area contributed by atoms with Crippen molar-refractivity contribution < 1.29 is 24.3 Å². The molecule has 2 N–H and O–H groups in total. The lowest BCUT2D eigenvalue weighted by Gasteiger charge is -2.34. The van der Waals surface area contributed by atoms with E-state index in [2.05, 4.69) is 20.2 Å². The second kappa shape index (κ2) is 10.3. The number of non-ortho nitro benzene ring substituents is 1. The number of nitro groups is 1. The predicted octanol–water partition coefficient (Wildman–Crippen LogP) is 4.38. The number of nitrogens with zero attached hydrogens (tertiary/aromatic N) is 5. The second-order valence-corrected chi connectivity index (χ2v) is 7.88. The van der Waals surface area contributed by atoms with E-state index in [1.165, 1.54) is 36.4 Å². The Labute approximate surface area is 204 Å². The van der Waals surface area contributed by atoms with Crippen LogP contribution >= 0.6 is 11.6 Å². The Morgan fingerprint density at radius 2 is 1.97 bits per heavy atom. The molecule has 0 radical (unpaired) electrons. The summed E-state index contributed by atoms with van der Waals surface area (Å²) >= 11 is 6.16. The molecule has 1 aliphatic heterocycles. The van der Waals surface area contributed by atoms with Crippen molar-refractivity contribution in [2.24, 2.45) is 0 Å². The number of rotatable bonds is 7. The Morgan fingerprint density at radius 1 is 1.20 bits per heavy atom. The first kappa shape index (κ1) is 23.8. The van der Waals surface area contributed by atoms with Crippen molar-refractivity contribution in [3.8, 4) is 17.4 Å². The van der Waals surface area contributed by atoms with Gasteiger partial charge >= 0.3 is 6.09 Å². The number of anilines is 3. The number of amides is 1. The molecule has 1 fully saturated rings. The fraction of sp³-hybridized carbons (Fsp3) is 0.227. The first-order chi connectivity index (χ1) is 16.8. The van der Waals surface area contributed by atoms with Crippen molar-refractivity contribution in [2.45, 2.75) is 0 Å². The highest BCUT2D eigenvalue weighted by molar-refractivity contribution is 6.31. The quantitative estimate of drug-likeness (QED) is 0.354. The largest absolute Gasteiger partial charge is 0.494 e. The average molecular weight is 501 g/mol. The molecular formula is C22H21ClN6O6. The van der Waals surface area contributed by atoms with Gasteiger partial charge in [0.2, 0.25) is 11.8 Å². The lowest BCUT2D eigenvalue weighted by Crippen LogP contribution is -2.48. The smallest absolute Gasteiger partial charge is 0.407 e. The molecule has 3 aromatic rings. The standard InChI is InChI=1S/C22H21ClN6O6/c1-34-19-12-14(27-7-9-28(10-8-27)22(30)31)5-6-18(19)25-21-24-13-17(23)20(26-21)35-16-4-2-3-15(11-16)29(32)33/h2-6,11-13H,7-10H2,1H3,(H,30,31)(H,24,25,26). The maximum atomic E-state index is 11.1. The van der Waals surface area contributed by atoms with Crippen LogP contribution in [0.5, 0.6) is 17.4 Å². The molecule has 13 heteroatoms. The monoisotopic (exact) mass is 500 g/mol. The van der Waals surface area contributed by atoms with Crippen LogP contribution in [0.15, 0.2) is 48.7 Å². The summed E-state index contributed by atoms with van der Waals surface area (Å²) < 4.78 is 11.2. The Balaban J connectivity index is 1.50. The van der Waals surface area contributed by atoms with Crippen molar-refractivity contribution >= 4 is 40.7 Å². The zero-order valence-corrected chi connectivity index (χ0v) is 19.3. The maximum Gasteiger partial charge on any atom is 0.407 e. The normalized spacial score (nSPS) is 13.3. The molecule has 0 saturated carbocycles. The van der Waals surface area contributed by atoms with E-state index in [-0.39, 0.29) is 28.3 Å². The Morgan fingerprint density at radius 3 is 2.66 bits per heavy atom. The molecule has 1 amide bonds. The van der Waals surface area contributed by atoms with Gasteiger partial charge in [0.1, 0.15) is 16.5 Å². The van der Waals surface area contributed by atoms with Crippen molar-refractivity contribution in [2.75, 3.05) is 43.5 Å². The van der Waals surface area contributed by atoms with Gasteiger partial charge in [0.25, 0.3) is 5.69 Å². The first-order valence-electron chi connectivity index (χ1n) is 10.5. The highest BCUT2D eigenvalue weighted by Crippen LogP contribution is 2.34. The van der Waals surface area contributed by atoms with E-state index in [0.717, 1.165) is 5.69 Å². The zero-order valence-electron chi connectivity index (χ0n) is 18.5. The molecule has 0 bridgehead atoms. The lowest BCUT2D eigenvalue weighted by atomic mass is 10.2. The van der Waals surface area contributed by atoms with Crippen LogP contribution in [0.4, 0.5) is 27.8 Å². The molecule has 0 aliphatic carbocycles. The van der Waals surface area contributed by atoms with Crippen LogP contribution in [0, 0.1) is 10.1 Å². The van der Waals surface area contributed by atoms with Gasteiger partial charge in [0.05, 0.1) is 30.0 Å². The van der Waals surface area contributed by atoms with Crippen LogP contribution in [-0.2, 0) is 0 Å². The number of hydrogen-bond acceptors (Lipinski definition) is 9. The summed E-state index contributed by atoms with van der Waals surface area (Å²) in [4.78, 5) is 33.5. The molecule has 0 unspecified atom stereocenters. The fourth-order valence-electron chi connectivity index (χ4n) is 3.51. The minimum Gasteiger partial charge on any atom is -0.494 e. The van der Waals surface area contributed by atoms with Gasteiger partial charge in [-0.25, -0.2) is 9.78 Å². The summed E-state index contributed by atoms with van der Waals surface area (Å²) in [5.74, 6) is 0.936. The number of halogens is 1. The van der Waals surface area contributed by atoms with Gasteiger partial charge in [0, 0.05) is 44.0 Å². The number of nitrogens with one attached hydrogen (secondary N) is 1. The molecule has 1 aliphatic rings. The second-order valence-electron chi connectivity index (χ2n) is 7.47. The number of carboxylic acid groups (broad SMARTS) is 1. The van der Waals surface area contributed by atoms with Gasteiger partial charge in [-0.3, -0.25) is 10.1 Å². The van der Waals surface area contributed by atoms with E-state index in [9.17, 15) is 14.9 Å². The van der Waals surface area contributed by atoms with E-state index >= 15 is 0 Å². The SMILES string of the molecule is COc1cc(N2CCN(C(=O)O)CC2)ccc1Nc1ncc(Cl)c(Oc2cccc([N+](=O)[O-])c2)n1. The summed E-state index contributed by atoms with van der Waals surface area (Å²) in [5, 5.41) is 23.3. The molecule has 2 aromatic carbocycles. The number of carbonyl (C=O) groups is 1. The van der Waals surface area contributed by atoms with Crippen LogP contribution in [0.25, 0.3) is 0 Å². The van der Waals surface area contributed by atoms with Crippen molar-refractivity contribution in [1.29, 1.82) is 0 Å². The van der Waals surface area contributed by atoms with Crippen LogP contribution in [0.2, 0.25) is 5.02 Å². The molecule has 0 atom stereocenters. The van der Waals surface area contributed by atoms with Gasteiger partial charge in [-0.05, 0) is 18.2 Å². The number of ether oxygens (including phenoxy) is 2. The van der Waals surface area contributed by atoms with E-state index < -0.39 is 11.0 Å². The van der Waals surface area contributed by atoms with Gasteiger partial charge in [-0.1, -0.05) is 17.7 Å². The molecule has 4 rings (SSSR count). The topological polar surface area (TPSA) is 143 Å². The molecule has 0 spiro atoms. The Hall–Kier alpha value is -4.32. The third-order valence-electron chi connectivity index (χ3n) is 5.30. The van der Waals surface area contributed by atoms with Crippen molar-refractivity contribution in [1.82, 2.24) is 14.9 Å². The van der Waals surface area contributed by atoms with Gasteiger partial charge in [0.15, 0.2) is 0 Å². The number of methoxy groups -OCH3 is 1. The summed E-state index contributed by atoms with van der Waals surface area (Å²) in [6.45, 7) is 1.98.